The number of halogens is 2. The molecular weight excluding hydrogens is 503 g/mol. The lowest BCUT2D eigenvalue weighted by Crippen LogP contribution is -2.36. The average molecular weight is 523 g/mol. The van der Waals surface area contributed by atoms with Crippen molar-refractivity contribution in [3.8, 4) is 11.1 Å². The van der Waals surface area contributed by atoms with Gasteiger partial charge in [0.2, 0.25) is 11.9 Å². The van der Waals surface area contributed by atoms with Gasteiger partial charge in [-0.15, -0.1) is 0 Å². The van der Waals surface area contributed by atoms with Crippen molar-refractivity contribution in [2.45, 2.75) is 0 Å². The first-order valence-corrected chi connectivity index (χ1v) is 11.0. The Labute approximate surface area is 203 Å². The molecule has 2 N–H and O–H groups in total. The third kappa shape index (κ3) is 5.18. The number of nitrogens with zero attached hydrogens (tertiary/aromatic N) is 4. The normalized spacial score (nSPS) is 10.7. The molecule has 2 aromatic carbocycles. The van der Waals surface area contributed by atoms with Crippen LogP contribution < -0.4 is 10.6 Å². The number of aromatic nitrogens is 3. The second kappa shape index (κ2) is 9.92. The first-order chi connectivity index (χ1) is 16.3. The van der Waals surface area contributed by atoms with E-state index in [2.05, 4.69) is 41.5 Å². The van der Waals surface area contributed by atoms with Crippen LogP contribution in [-0.4, -0.2) is 52.3 Å². The van der Waals surface area contributed by atoms with E-state index in [1.54, 1.807) is 38.5 Å². The van der Waals surface area contributed by atoms with E-state index in [0.717, 1.165) is 10.0 Å². The van der Waals surface area contributed by atoms with Crippen LogP contribution in [-0.2, 0) is 4.79 Å². The molecule has 172 valence electrons. The van der Waals surface area contributed by atoms with Gasteiger partial charge in [0.15, 0.2) is 5.65 Å². The summed E-state index contributed by atoms with van der Waals surface area (Å²) >= 11 is 3.53. The highest BCUT2D eigenvalue weighted by molar-refractivity contribution is 9.10. The summed E-state index contributed by atoms with van der Waals surface area (Å²) in [6.45, 7) is -0.165. The smallest absolute Gasteiger partial charge is 0.271 e. The van der Waals surface area contributed by atoms with Gasteiger partial charge in [0.1, 0.15) is 11.5 Å². The van der Waals surface area contributed by atoms with Crippen LogP contribution in [0.2, 0.25) is 0 Å². The summed E-state index contributed by atoms with van der Waals surface area (Å²) in [4.78, 5) is 39.7. The van der Waals surface area contributed by atoms with E-state index in [4.69, 9.17) is 0 Å². The lowest BCUT2D eigenvalue weighted by molar-refractivity contribution is -0.127. The van der Waals surface area contributed by atoms with Crippen LogP contribution in [0.4, 0.5) is 16.0 Å². The number of benzene rings is 2. The Morgan fingerprint density at radius 3 is 2.47 bits per heavy atom. The fourth-order valence-electron chi connectivity index (χ4n) is 3.14. The lowest BCUT2D eigenvalue weighted by Gasteiger charge is -2.14. The molecule has 34 heavy (non-hydrogen) atoms. The molecule has 0 unspecified atom stereocenters. The number of nitrogens with one attached hydrogen (secondary N) is 2. The van der Waals surface area contributed by atoms with Crippen molar-refractivity contribution in [2.75, 3.05) is 26.0 Å². The molecule has 2 amide bonds. The maximum absolute atomic E-state index is 13.2. The van der Waals surface area contributed by atoms with Crippen LogP contribution in [0.5, 0.6) is 0 Å². The minimum absolute atomic E-state index is 0.123. The third-order valence-electron chi connectivity index (χ3n) is 4.95. The van der Waals surface area contributed by atoms with E-state index in [1.807, 2.05) is 24.3 Å². The summed E-state index contributed by atoms with van der Waals surface area (Å²) in [6, 6.07) is 15.0. The van der Waals surface area contributed by atoms with Crippen LogP contribution in [0.1, 0.15) is 10.5 Å². The monoisotopic (exact) mass is 522 g/mol. The zero-order chi connectivity index (χ0) is 24.2. The van der Waals surface area contributed by atoms with Crippen molar-refractivity contribution in [3.63, 3.8) is 0 Å². The third-order valence-corrected chi connectivity index (χ3v) is 5.64. The Bertz CT molecular complexity index is 1380. The SMILES string of the molecule is CN(C)C(=O)CNC(=O)c1nc2nc(Nc3ccc(F)cc3)ncc2cc1-c1ccccc1Br. The Morgan fingerprint density at radius 1 is 1.03 bits per heavy atom. The number of hydrogen-bond acceptors (Lipinski definition) is 6. The van der Waals surface area contributed by atoms with Gasteiger partial charge in [0, 0.05) is 41.4 Å². The lowest BCUT2D eigenvalue weighted by atomic mass is 10.0. The van der Waals surface area contributed by atoms with E-state index < -0.39 is 5.91 Å². The number of hydrogen-bond donors (Lipinski definition) is 2. The first kappa shape index (κ1) is 23.2. The standard InChI is InChI=1S/C24H20BrFN6O2/c1-32(2)20(33)13-27-23(34)21-18(17-5-3-4-6-19(17)25)11-14-12-28-24(31-22(14)30-21)29-16-9-7-15(26)8-10-16/h3-12H,13H2,1-2H3,(H,27,34)(H,28,29,30,31). The zero-order valence-corrected chi connectivity index (χ0v) is 19.9. The number of likely N-dealkylation sites (N-methyl/N-ethyl adjacent to an activating group) is 1. The average Bonchev–Trinajstić information content (AvgIpc) is 2.83. The molecular formula is C24H20BrFN6O2. The van der Waals surface area contributed by atoms with Crippen LogP contribution in [0, 0.1) is 5.82 Å². The molecule has 0 fully saturated rings. The van der Waals surface area contributed by atoms with Gasteiger partial charge in [0.25, 0.3) is 5.91 Å². The number of anilines is 2. The van der Waals surface area contributed by atoms with Gasteiger partial charge in [-0.3, -0.25) is 9.59 Å². The van der Waals surface area contributed by atoms with Crippen molar-refractivity contribution in [1.29, 1.82) is 0 Å². The van der Waals surface area contributed by atoms with Gasteiger partial charge in [-0.05, 0) is 42.0 Å². The van der Waals surface area contributed by atoms with Crippen LogP contribution >= 0.6 is 15.9 Å². The van der Waals surface area contributed by atoms with Gasteiger partial charge in [-0.1, -0.05) is 34.1 Å². The highest BCUT2D eigenvalue weighted by Crippen LogP contribution is 2.32. The molecule has 4 aromatic rings. The number of rotatable bonds is 6. The summed E-state index contributed by atoms with van der Waals surface area (Å²) in [5, 5.41) is 6.25. The first-order valence-electron chi connectivity index (χ1n) is 10.3. The fourth-order valence-corrected chi connectivity index (χ4v) is 3.64. The van der Waals surface area contributed by atoms with Crippen LogP contribution in [0.15, 0.2) is 65.3 Å². The number of carbonyl (C=O) groups excluding carboxylic acids is 2. The van der Waals surface area contributed by atoms with Crippen molar-refractivity contribution in [1.82, 2.24) is 25.2 Å². The van der Waals surface area contributed by atoms with E-state index in [-0.39, 0.29) is 29.9 Å². The molecule has 0 saturated carbocycles. The second-order valence-electron chi connectivity index (χ2n) is 7.57. The second-order valence-corrected chi connectivity index (χ2v) is 8.43. The molecule has 4 rings (SSSR count). The maximum atomic E-state index is 13.2. The number of fused-ring (bicyclic) bond motifs is 1. The number of pyridine rings is 1. The Kier molecular flexibility index (Phi) is 6.78. The largest absolute Gasteiger partial charge is 0.347 e. The van der Waals surface area contributed by atoms with Crippen LogP contribution in [0.25, 0.3) is 22.2 Å². The van der Waals surface area contributed by atoms with Crippen molar-refractivity contribution >= 4 is 50.4 Å². The van der Waals surface area contributed by atoms with Gasteiger partial charge in [0.05, 0.1) is 6.54 Å². The predicted octanol–water partition coefficient (Wildman–Crippen LogP) is 4.16. The molecule has 10 heteroatoms. The van der Waals surface area contributed by atoms with Gasteiger partial charge in [-0.2, -0.15) is 4.98 Å². The van der Waals surface area contributed by atoms with Crippen LogP contribution in [0.3, 0.4) is 0 Å². The topological polar surface area (TPSA) is 100 Å². The quantitative estimate of drug-likeness (QED) is 0.394. The molecule has 0 saturated heterocycles. The maximum Gasteiger partial charge on any atom is 0.271 e. The fraction of sp³-hybridized carbons (Fsp3) is 0.125. The summed E-state index contributed by atoms with van der Waals surface area (Å²) < 4.78 is 14.0. The molecule has 0 bridgehead atoms. The highest BCUT2D eigenvalue weighted by atomic mass is 79.9. The van der Waals surface area contributed by atoms with Crippen molar-refractivity contribution < 1.29 is 14.0 Å². The Hall–Kier alpha value is -3.92. The van der Waals surface area contributed by atoms with Gasteiger partial charge in [-0.25, -0.2) is 14.4 Å². The van der Waals surface area contributed by atoms with E-state index in [1.165, 1.54) is 17.0 Å². The molecule has 0 spiro atoms. The summed E-state index contributed by atoms with van der Waals surface area (Å²) in [7, 11) is 3.23. The van der Waals surface area contributed by atoms with Gasteiger partial charge < -0.3 is 15.5 Å². The Morgan fingerprint density at radius 2 is 1.76 bits per heavy atom. The summed E-state index contributed by atoms with van der Waals surface area (Å²) in [5.41, 5.74) is 2.34. The molecule has 2 aromatic heterocycles. The summed E-state index contributed by atoms with van der Waals surface area (Å²) in [6.07, 6.45) is 1.60. The zero-order valence-electron chi connectivity index (χ0n) is 18.3. The molecule has 0 aliphatic rings. The minimum Gasteiger partial charge on any atom is -0.347 e. The molecule has 8 nitrogen and oxygen atoms in total. The molecule has 0 atom stereocenters. The van der Waals surface area contributed by atoms with E-state index in [9.17, 15) is 14.0 Å². The molecule has 2 heterocycles. The Balaban J connectivity index is 1.75. The highest BCUT2D eigenvalue weighted by Gasteiger charge is 2.20. The van der Waals surface area contributed by atoms with E-state index in [0.29, 0.717) is 22.3 Å². The number of amides is 2. The van der Waals surface area contributed by atoms with Crippen molar-refractivity contribution in [3.05, 3.63) is 76.8 Å². The molecule has 0 aliphatic heterocycles. The minimum atomic E-state index is -0.505. The molecule has 0 radical (unpaired) electrons. The van der Waals surface area contributed by atoms with Gasteiger partial charge >= 0.3 is 0 Å². The summed E-state index contributed by atoms with van der Waals surface area (Å²) in [5.74, 6) is -0.858. The predicted molar refractivity (Wildman–Crippen MR) is 131 cm³/mol. The van der Waals surface area contributed by atoms with Crippen molar-refractivity contribution in [2.24, 2.45) is 0 Å². The number of carbonyl (C=O) groups is 2. The van der Waals surface area contributed by atoms with E-state index >= 15 is 0 Å². The molecule has 0 aliphatic carbocycles.